The lowest BCUT2D eigenvalue weighted by Crippen LogP contribution is -2.37. The Morgan fingerprint density at radius 3 is 2.21 bits per heavy atom. The van der Waals surface area contributed by atoms with Crippen molar-refractivity contribution in [3.63, 3.8) is 0 Å². The third-order valence-corrected chi connectivity index (χ3v) is 4.70. The van der Waals surface area contributed by atoms with E-state index in [4.69, 9.17) is 0 Å². The molecule has 1 aliphatic rings. The van der Waals surface area contributed by atoms with Gasteiger partial charge >= 0.3 is 0 Å². The van der Waals surface area contributed by atoms with Gasteiger partial charge in [0.15, 0.2) is 5.78 Å². The minimum atomic E-state index is -0.000447. The average Bonchev–Trinajstić information content (AvgIpc) is 2.75. The molecule has 156 valence electrons. The number of nitrogens with zero attached hydrogens (tertiary/aromatic N) is 3. The standard InChI is InChI=1S/C16H20N2O2.C6H7N.C2H6/c1-4-16(20)18-9-7-13(8-10-18)15-6-5-14(12(3)19)11(2)17-15;1-6-3-2-4-7-5-6;1-2/h4-6,13H,1,7-10H2,2-3H3;2-5H,1H3;1-2H3. The zero-order valence-corrected chi connectivity index (χ0v) is 18.3. The molecule has 0 radical (unpaired) electrons. The SMILES string of the molecule is C=CC(=O)N1CCC(c2ccc(C(C)=O)c(C)n2)CC1.CC.Cc1cccnc1. The highest BCUT2D eigenvalue weighted by atomic mass is 16.2. The summed E-state index contributed by atoms with van der Waals surface area (Å²) in [4.78, 5) is 33.2. The van der Waals surface area contributed by atoms with Gasteiger partial charge in [-0.2, -0.15) is 0 Å². The molecular formula is C24H33N3O2. The van der Waals surface area contributed by atoms with Gasteiger partial charge in [0.1, 0.15) is 0 Å². The summed E-state index contributed by atoms with van der Waals surface area (Å²) in [5.74, 6) is 0.413. The quantitative estimate of drug-likeness (QED) is 0.548. The Morgan fingerprint density at radius 2 is 1.79 bits per heavy atom. The Labute approximate surface area is 174 Å². The molecule has 0 spiro atoms. The van der Waals surface area contributed by atoms with E-state index in [2.05, 4.69) is 16.5 Å². The van der Waals surface area contributed by atoms with Crippen molar-refractivity contribution in [3.05, 3.63) is 71.8 Å². The molecule has 0 saturated carbocycles. The Kier molecular flexibility index (Phi) is 10.5. The number of rotatable bonds is 3. The van der Waals surface area contributed by atoms with Gasteiger partial charge in [0.25, 0.3) is 0 Å². The summed E-state index contributed by atoms with van der Waals surface area (Å²) in [5, 5.41) is 0. The van der Waals surface area contributed by atoms with Gasteiger partial charge in [0.05, 0.1) is 0 Å². The summed E-state index contributed by atoms with van der Waals surface area (Å²) in [6.45, 7) is 14.4. The molecule has 0 atom stereocenters. The van der Waals surface area contributed by atoms with Crippen LogP contribution in [0, 0.1) is 13.8 Å². The van der Waals surface area contributed by atoms with Crippen LogP contribution < -0.4 is 0 Å². The summed E-state index contributed by atoms with van der Waals surface area (Å²) in [5.41, 5.74) is 3.72. The van der Waals surface area contributed by atoms with E-state index in [0.717, 1.165) is 37.3 Å². The minimum Gasteiger partial charge on any atom is -0.339 e. The molecule has 2 aromatic heterocycles. The maximum absolute atomic E-state index is 11.5. The molecule has 2 aromatic rings. The van der Waals surface area contributed by atoms with Gasteiger partial charge in [-0.1, -0.05) is 26.5 Å². The number of hydrogen-bond acceptors (Lipinski definition) is 4. The molecule has 0 aromatic carbocycles. The minimum absolute atomic E-state index is 0.000447. The van der Waals surface area contributed by atoms with E-state index in [1.807, 2.05) is 63.1 Å². The first-order valence-electron chi connectivity index (χ1n) is 10.2. The molecule has 1 aliphatic heterocycles. The lowest BCUT2D eigenvalue weighted by atomic mass is 9.92. The normalized spacial score (nSPS) is 13.3. The van der Waals surface area contributed by atoms with Gasteiger partial charge in [-0.15, -0.1) is 0 Å². The van der Waals surface area contributed by atoms with E-state index in [1.165, 1.54) is 11.6 Å². The van der Waals surface area contributed by atoms with Gasteiger partial charge in [0.2, 0.25) is 5.91 Å². The molecule has 0 N–H and O–H groups in total. The van der Waals surface area contributed by atoms with Gasteiger partial charge in [0, 0.05) is 48.4 Å². The third-order valence-electron chi connectivity index (χ3n) is 4.70. The van der Waals surface area contributed by atoms with Crippen LogP contribution in [0.1, 0.15) is 66.8 Å². The molecule has 1 amide bonds. The van der Waals surface area contributed by atoms with Crippen molar-refractivity contribution in [3.8, 4) is 0 Å². The Bertz CT molecular complexity index is 795. The highest BCUT2D eigenvalue weighted by molar-refractivity contribution is 5.95. The number of Topliss-reactive ketones (excluding diaryl/α,β-unsaturated/α-hetero) is 1. The van der Waals surface area contributed by atoms with Gasteiger partial charge in [-0.25, -0.2) is 0 Å². The predicted octanol–water partition coefficient (Wildman–Crippen LogP) is 4.90. The summed E-state index contributed by atoms with van der Waals surface area (Å²) in [6.07, 6.45) is 6.79. The second kappa shape index (κ2) is 12.6. The molecule has 3 heterocycles. The second-order valence-electron chi connectivity index (χ2n) is 6.76. The van der Waals surface area contributed by atoms with Gasteiger partial charge in [-0.3, -0.25) is 19.6 Å². The topological polar surface area (TPSA) is 63.2 Å². The van der Waals surface area contributed by atoms with E-state index in [9.17, 15) is 9.59 Å². The summed E-state index contributed by atoms with van der Waals surface area (Å²) in [7, 11) is 0. The zero-order chi connectivity index (χ0) is 21.8. The van der Waals surface area contributed by atoms with Gasteiger partial charge < -0.3 is 4.90 Å². The molecule has 3 rings (SSSR count). The van der Waals surface area contributed by atoms with Crippen LogP contribution in [-0.2, 0) is 4.79 Å². The van der Waals surface area contributed by atoms with Crippen LogP contribution in [0.25, 0.3) is 0 Å². The summed E-state index contributed by atoms with van der Waals surface area (Å²) < 4.78 is 0. The lowest BCUT2D eigenvalue weighted by molar-refractivity contribution is -0.127. The fraction of sp³-hybridized carbons (Fsp3) is 0.417. The van der Waals surface area contributed by atoms with E-state index < -0.39 is 0 Å². The van der Waals surface area contributed by atoms with Crippen molar-refractivity contribution in [1.29, 1.82) is 0 Å². The van der Waals surface area contributed by atoms with E-state index in [-0.39, 0.29) is 11.7 Å². The predicted molar refractivity (Wildman–Crippen MR) is 118 cm³/mol. The molecule has 1 saturated heterocycles. The average molecular weight is 396 g/mol. The molecule has 5 heteroatoms. The van der Waals surface area contributed by atoms with Crippen molar-refractivity contribution in [2.45, 2.75) is 53.4 Å². The lowest BCUT2D eigenvalue weighted by Gasteiger charge is -2.31. The Morgan fingerprint density at radius 1 is 1.14 bits per heavy atom. The second-order valence-corrected chi connectivity index (χ2v) is 6.76. The monoisotopic (exact) mass is 395 g/mol. The first-order chi connectivity index (χ1) is 13.9. The fourth-order valence-electron chi connectivity index (χ4n) is 3.15. The molecular weight excluding hydrogens is 362 g/mol. The van der Waals surface area contributed by atoms with Crippen LogP contribution in [0.2, 0.25) is 0 Å². The van der Waals surface area contributed by atoms with Crippen molar-refractivity contribution in [1.82, 2.24) is 14.9 Å². The molecule has 0 unspecified atom stereocenters. The van der Waals surface area contributed by atoms with Crippen LogP contribution >= 0.6 is 0 Å². The molecule has 29 heavy (non-hydrogen) atoms. The number of aryl methyl sites for hydroxylation is 2. The number of aromatic nitrogens is 2. The summed E-state index contributed by atoms with van der Waals surface area (Å²) in [6, 6.07) is 7.75. The highest BCUT2D eigenvalue weighted by Crippen LogP contribution is 2.27. The largest absolute Gasteiger partial charge is 0.339 e. The molecule has 0 aliphatic carbocycles. The van der Waals surface area contributed by atoms with Crippen molar-refractivity contribution >= 4 is 11.7 Å². The van der Waals surface area contributed by atoms with Crippen LogP contribution in [0.5, 0.6) is 0 Å². The maximum Gasteiger partial charge on any atom is 0.245 e. The van der Waals surface area contributed by atoms with Crippen molar-refractivity contribution in [2.24, 2.45) is 0 Å². The van der Waals surface area contributed by atoms with Crippen LogP contribution in [0.4, 0.5) is 0 Å². The Hall–Kier alpha value is -2.82. The third kappa shape index (κ3) is 7.60. The van der Waals surface area contributed by atoms with Crippen LogP contribution in [0.3, 0.4) is 0 Å². The smallest absolute Gasteiger partial charge is 0.245 e. The van der Waals surface area contributed by atoms with Crippen molar-refractivity contribution < 1.29 is 9.59 Å². The van der Waals surface area contributed by atoms with E-state index in [0.29, 0.717) is 11.5 Å². The highest BCUT2D eigenvalue weighted by Gasteiger charge is 2.23. The first kappa shape index (κ1) is 24.2. The number of amides is 1. The number of carbonyl (C=O) groups is 2. The zero-order valence-electron chi connectivity index (χ0n) is 18.3. The Balaban J connectivity index is 0.000000390. The molecule has 5 nitrogen and oxygen atoms in total. The van der Waals surface area contributed by atoms with Crippen LogP contribution in [0.15, 0.2) is 49.3 Å². The maximum atomic E-state index is 11.5. The van der Waals surface area contributed by atoms with Crippen LogP contribution in [-0.4, -0.2) is 39.6 Å². The fourth-order valence-corrected chi connectivity index (χ4v) is 3.15. The van der Waals surface area contributed by atoms with Crippen molar-refractivity contribution in [2.75, 3.05) is 13.1 Å². The number of hydrogen-bond donors (Lipinski definition) is 0. The number of ketones is 1. The molecule has 0 bridgehead atoms. The first-order valence-corrected chi connectivity index (χ1v) is 10.2. The van der Waals surface area contributed by atoms with E-state index in [1.54, 1.807) is 13.1 Å². The number of piperidine rings is 1. The van der Waals surface area contributed by atoms with E-state index >= 15 is 0 Å². The number of pyridine rings is 2. The molecule has 1 fully saturated rings. The number of carbonyl (C=O) groups excluding carboxylic acids is 2. The number of likely N-dealkylation sites (tertiary alicyclic amines) is 1. The van der Waals surface area contributed by atoms with Gasteiger partial charge in [-0.05, 0) is 63.5 Å². The summed E-state index contributed by atoms with van der Waals surface area (Å²) >= 11 is 0.